The second-order valence-corrected chi connectivity index (χ2v) is 4.59. The lowest BCUT2D eigenvalue weighted by molar-refractivity contribution is 0.165. The summed E-state index contributed by atoms with van der Waals surface area (Å²) in [6, 6.07) is 5.48. The average Bonchev–Trinajstić information content (AvgIpc) is 2.97. The zero-order valence-electron chi connectivity index (χ0n) is 11.3. The fourth-order valence-electron chi connectivity index (χ4n) is 1.99. The Morgan fingerprint density at radius 2 is 2.32 bits per heavy atom. The first-order valence-electron chi connectivity index (χ1n) is 6.32. The van der Waals surface area contributed by atoms with Crippen LogP contribution < -0.4 is 9.47 Å². The number of rotatable bonds is 5. The molecule has 0 aromatic heterocycles. The highest BCUT2D eigenvalue weighted by atomic mass is 16.5. The molecule has 1 heterocycles. The molecule has 0 bridgehead atoms. The van der Waals surface area contributed by atoms with Crippen molar-refractivity contribution < 1.29 is 19.4 Å². The third-order valence-electron chi connectivity index (χ3n) is 3.23. The van der Waals surface area contributed by atoms with Crippen molar-refractivity contribution in [2.45, 2.75) is 13.3 Å². The van der Waals surface area contributed by atoms with Crippen LogP contribution in [-0.4, -0.2) is 37.8 Å². The van der Waals surface area contributed by atoms with E-state index in [1.54, 1.807) is 20.1 Å². The summed E-state index contributed by atoms with van der Waals surface area (Å²) in [5, 5.41) is 11.9. The first-order chi connectivity index (χ1) is 9.24. The summed E-state index contributed by atoms with van der Waals surface area (Å²) < 4.78 is 16.4. The Balaban J connectivity index is 2.07. The molecular weight excluding hydrogens is 246 g/mol. The monoisotopic (exact) mass is 265 g/mol. The van der Waals surface area contributed by atoms with Gasteiger partial charge in [-0.1, -0.05) is 5.16 Å². The molecule has 104 valence electrons. The third-order valence-corrected chi connectivity index (χ3v) is 3.23. The summed E-state index contributed by atoms with van der Waals surface area (Å²) in [7, 11) is 1.59. The predicted molar refractivity (Wildman–Crippen MR) is 71.4 cm³/mol. The van der Waals surface area contributed by atoms with Crippen molar-refractivity contribution in [1.29, 1.82) is 0 Å². The van der Waals surface area contributed by atoms with Gasteiger partial charge in [0.15, 0.2) is 11.5 Å². The largest absolute Gasteiger partial charge is 0.493 e. The maximum Gasteiger partial charge on any atom is 0.161 e. The zero-order chi connectivity index (χ0) is 13.7. The van der Waals surface area contributed by atoms with Crippen molar-refractivity contribution in [3.8, 4) is 11.5 Å². The van der Waals surface area contributed by atoms with Gasteiger partial charge in [-0.05, 0) is 31.5 Å². The van der Waals surface area contributed by atoms with Crippen LogP contribution in [0.1, 0.15) is 18.9 Å². The van der Waals surface area contributed by atoms with Crippen LogP contribution in [0.4, 0.5) is 0 Å². The maximum absolute atomic E-state index is 8.77. The van der Waals surface area contributed by atoms with Crippen LogP contribution >= 0.6 is 0 Å². The Bertz CT molecular complexity index is 453. The van der Waals surface area contributed by atoms with E-state index in [4.69, 9.17) is 19.4 Å². The van der Waals surface area contributed by atoms with Crippen molar-refractivity contribution in [3.05, 3.63) is 23.8 Å². The number of oxime groups is 1. The molecule has 5 heteroatoms. The van der Waals surface area contributed by atoms with Gasteiger partial charge in [0.05, 0.1) is 26.0 Å². The van der Waals surface area contributed by atoms with Gasteiger partial charge in [0.2, 0.25) is 0 Å². The highest BCUT2D eigenvalue weighted by molar-refractivity contribution is 5.98. The number of hydrogen-bond donors (Lipinski definition) is 1. The highest BCUT2D eigenvalue weighted by Gasteiger charge is 2.17. The van der Waals surface area contributed by atoms with E-state index in [-0.39, 0.29) is 0 Å². The molecule has 1 aromatic carbocycles. The first kappa shape index (κ1) is 13.7. The summed E-state index contributed by atoms with van der Waals surface area (Å²) >= 11 is 0. The lowest BCUT2D eigenvalue weighted by Crippen LogP contribution is -2.12. The zero-order valence-corrected chi connectivity index (χ0v) is 11.3. The molecule has 5 nitrogen and oxygen atoms in total. The normalized spacial score (nSPS) is 19.5. The molecule has 1 aliphatic rings. The molecule has 1 unspecified atom stereocenters. The molecule has 1 saturated heterocycles. The van der Waals surface area contributed by atoms with E-state index in [9.17, 15) is 0 Å². The van der Waals surface area contributed by atoms with E-state index >= 15 is 0 Å². The van der Waals surface area contributed by atoms with Gasteiger partial charge in [-0.25, -0.2) is 0 Å². The van der Waals surface area contributed by atoms with Gasteiger partial charge in [0, 0.05) is 18.1 Å². The lowest BCUT2D eigenvalue weighted by atomic mass is 10.1. The van der Waals surface area contributed by atoms with Gasteiger partial charge in [-0.3, -0.25) is 0 Å². The Kier molecular flexibility index (Phi) is 4.63. The van der Waals surface area contributed by atoms with E-state index in [0.29, 0.717) is 29.7 Å². The Hall–Kier alpha value is -1.75. The Morgan fingerprint density at radius 3 is 2.95 bits per heavy atom. The van der Waals surface area contributed by atoms with E-state index in [1.165, 1.54) is 0 Å². The van der Waals surface area contributed by atoms with E-state index < -0.39 is 0 Å². The molecule has 0 radical (unpaired) electrons. The number of hydrogen-bond acceptors (Lipinski definition) is 5. The van der Waals surface area contributed by atoms with Gasteiger partial charge in [0.25, 0.3) is 0 Å². The molecule has 19 heavy (non-hydrogen) atoms. The molecule has 0 amide bonds. The SMILES string of the molecule is COc1cc(C(C)=NO)ccc1OCC1CCOC1. The highest BCUT2D eigenvalue weighted by Crippen LogP contribution is 2.29. The van der Waals surface area contributed by atoms with Gasteiger partial charge in [-0.2, -0.15) is 0 Å². The number of benzene rings is 1. The minimum Gasteiger partial charge on any atom is -0.493 e. The molecule has 2 rings (SSSR count). The van der Waals surface area contributed by atoms with Crippen molar-refractivity contribution >= 4 is 5.71 Å². The van der Waals surface area contributed by atoms with Crippen LogP contribution in [-0.2, 0) is 4.74 Å². The molecule has 0 aliphatic carbocycles. The quantitative estimate of drug-likeness (QED) is 0.504. The smallest absolute Gasteiger partial charge is 0.161 e. The summed E-state index contributed by atoms with van der Waals surface area (Å²) in [5.74, 6) is 1.79. The average molecular weight is 265 g/mol. The topological polar surface area (TPSA) is 60.3 Å². The molecule has 1 N–H and O–H groups in total. The van der Waals surface area contributed by atoms with Crippen LogP contribution in [0.5, 0.6) is 11.5 Å². The second kappa shape index (κ2) is 6.43. The molecule has 1 atom stereocenters. The predicted octanol–water partition coefficient (Wildman–Crippen LogP) is 2.31. The fraction of sp³-hybridized carbons (Fsp3) is 0.500. The first-order valence-corrected chi connectivity index (χ1v) is 6.32. The number of ether oxygens (including phenoxy) is 3. The van der Waals surface area contributed by atoms with Crippen LogP contribution in [0.15, 0.2) is 23.4 Å². The maximum atomic E-state index is 8.77. The van der Waals surface area contributed by atoms with Crippen LogP contribution in [0.25, 0.3) is 0 Å². The minimum atomic E-state index is 0.449. The van der Waals surface area contributed by atoms with Gasteiger partial charge in [0.1, 0.15) is 0 Å². The van der Waals surface area contributed by atoms with E-state index in [0.717, 1.165) is 25.2 Å². The standard InChI is InChI=1S/C14H19NO4/c1-10(15-16)12-3-4-13(14(7-12)17-2)19-9-11-5-6-18-8-11/h3-4,7,11,16H,5-6,8-9H2,1-2H3. The molecule has 0 saturated carbocycles. The summed E-state index contributed by atoms with van der Waals surface area (Å²) in [4.78, 5) is 0. The lowest BCUT2D eigenvalue weighted by Gasteiger charge is -2.14. The number of nitrogens with zero attached hydrogens (tertiary/aromatic N) is 1. The van der Waals surface area contributed by atoms with Crippen molar-refractivity contribution in [3.63, 3.8) is 0 Å². The van der Waals surface area contributed by atoms with E-state index in [1.807, 2.05) is 12.1 Å². The molecule has 1 aliphatic heterocycles. The Labute approximate surface area is 112 Å². The van der Waals surface area contributed by atoms with Crippen LogP contribution in [0, 0.1) is 5.92 Å². The van der Waals surface area contributed by atoms with Gasteiger partial charge >= 0.3 is 0 Å². The van der Waals surface area contributed by atoms with Gasteiger partial charge in [-0.15, -0.1) is 0 Å². The van der Waals surface area contributed by atoms with Gasteiger partial charge < -0.3 is 19.4 Å². The second-order valence-electron chi connectivity index (χ2n) is 4.59. The van der Waals surface area contributed by atoms with Crippen molar-refractivity contribution in [2.75, 3.05) is 26.9 Å². The van der Waals surface area contributed by atoms with Crippen LogP contribution in [0.3, 0.4) is 0 Å². The minimum absolute atomic E-state index is 0.449. The molecule has 0 spiro atoms. The van der Waals surface area contributed by atoms with Crippen molar-refractivity contribution in [2.24, 2.45) is 11.1 Å². The fourth-order valence-corrected chi connectivity index (χ4v) is 1.99. The molecular formula is C14H19NO4. The molecule has 1 fully saturated rings. The van der Waals surface area contributed by atoms with E-state index in [2.05, 4.69) is 5.16 Å². The number of methoxy groups -OCH3 is 1. The summed E-state index contributed by atoms with van der Waals surface area (Å²) in [5.41, 5.74) is 1.34. The van der Waals surface area contributed by atoms with Crippen LogP contribution in [0.2, 0.25) is 0 Å². The summed E-state index contributed by atoms with van der Waals surface area (Å²) in [6.45, 7) is 3.93. The molecule has 1 aromatic rings. The Morgan fingerprint density at radius 1 is 1.47 bits per heavy atom. The third kappa shape index (κ3) is 3.38. The van der Waals surface area contributed by atoms with Crippen molar-refractivity contribution in [1.82, 2.24) is 0 Å². The summed E-state index contributed by atoms with van der Waals surface area (Å²) in [6.07, 6.45) is 1.04.